The molecule has 2 N–H and O–H groups in total. The molecular weight excluding hydrogens is 500 g/mol. The van der Waals surface area contributed by atoms with Crippen LogP contribution in [0.4, 0.5) is 10.5 Å². The normalized spacial score (nSPS) is 18.7. The summed E-state index contributed by atoms with van der Waals surface area (Å²) in [5.74, 6) is 0.808. The van der Waals surface area contributed by atoms with Crippen molar-refractivity contribution in [3.63, 3.8) is 0 Å². The second kappa shape index (κ2) is 11.8. The fourth-order valence-electron chi connectivity index (χ4n) is 5.11. The van der Waals surface area contributed by atoms with E-state index in [0.717, 1.165) is 65.5 Å². The van der Waals surface area contributed by atoms with Gasteiger partial charge in [-0.05, 0) is 37.6 Å². The third-order valence-corrected chi connectivity index (χ3v) is 7.56. The van der Waals surface area contributed by atoms with Crippen molar-refractivity contribution in [2.75, 3.05) is 38.2 Å². The summed E-state index contributed by atoms with van der Waals surface area (Å²) in [7, 11) is 0. The van der Waals surface area contributed by atoms with E-state index < -0.39 is 0 Å². The number of morpholine rings is 1. The van der Waals surface area contributed by atoms with E-state index in [-0.39, 0.29) is 23.5 Å². The molecule has 1 fully saturated rings. The van der Waals surface area contributed by atoms with E-state index in [4.69, 9.17) is 14.5 Å². The molecule has 2 unspecified atom stereocenters. The minimum absolute atomic E-state index is 0.131. The molecule has 2 atom stereocenters. The number of nitrogens with one attached hydrogen (secondary N) is 2. The van der Waals surface area contributed by atoms with Crippen LogP contribution in [-0.4, -0.2) is 55.6 Å². The molecule has 0 spiro atoms. The molecule has 2 amide bonds. The Morgan fingerprint density at radius 1 is 1.02 bits per heavy atom. The van der Waals surface area contributed by atoms with Crippen LogP contribution in [0.3, 0.4) is 0 Å². The Labute approximate surface area is 237 Å². The van der Waals surface area contributed by atoms with Gasteiger partial charge in [0, 0.05) is 41.0 Å². The van der Waals surface area contributed by atoms with Crippen molar-refractivity contribution in [1.29, 1.82) is 0 Å². The Morgan fingerprint density at radius 2 is 1.73 bits per heavy atom. The number of ether oxygens (including phenoxy) is 2. The smallest absolute Gasteiger partial charge is 0.323 e. The molecule has 3 aromatic carbocycles. The van der Waals surface area contributed by atoms with Crippen molar-refractivity contribution in [1.82, 2.24) is 10.2 Å². The summed E-state index contributed by atoms with van der Waals surface area (Å²) in [6, 6.07) is 19.9. The third kappa shape index (κ3) is 6.37. The molecule has 3 aromatic rings. The van der Waals surface area contributed by atoms with Gasteiger partial charge >= 0.3 is 6.03 Å². The average Bonchev–Trinajstić information content (AvgIpc) is 3.37. The van der Waals surface area contributed by atoms with Crippen LogP contribution in [-0.2, 0) is 4.74 Å². The highest BCUT2D eigenvalue weighted by Gasteiger charge is 2.29. The number of carbonyl (C=O) groups is 1. The molecule has 210 valence electrons. The minimum atomic E-state index is -0.298. The number of aryl methyl sites for hydroxylation is 1. The van der Waals surface area contributed by atoms with Gasteiger partial charge in [0.15, 0.2) is 0 Å². The molecule has 0 radical (unpaired) electrons. The third-order valence-electron chi connectivity index (χ3n) is 7.56. The zero-order valence-electron chi connectivity index (χ0n) is 24.2. The Balaban J connectivity index is 1.31. The van der Waals surface area contributed by atoms with E-state index in [1.54, 1.807) is 0 Å². The van der Waals surface area contributed by atoms with Crippen molar-refractivity contribution in [2.45, 2.75) is 46.7 Å². The van der Waals surface area contributed by atoms with Gasteiger partial charge in [-0.15, -0.1) is 0 Å². The van der Waals surface area contributed by atoms with Crippen LogP contribution in [0.5, 0.6) is 5.75 Å². The zero-order chi connectivity index (χ0) is 28.3. The lowest BCUT2D eigenvalue weighted by Gasteiger charge is -2.32. The highest BCUT2D eigenvalue weighted by Crippen LogP contribution is 2.35. The zero-order valence-corrected chi connectivity index (χ0v) is 24.2. The first-order chi connectivity index (χ1) is 19.2. The Hall–Kier alpha value is -3.68. The predicted molar refractivity (Wildman–Crippen MR) is 162 cm³/mol. The number of fused-ring (bicyclic) bond motifs is 1. The maximum absolute atomic E-state index is 13.3. The van der Waals surface area contributed by atoms with Crippen LogP contribution in [0.25, 0.3) is 10.8 Å². The number of benzene rings is 3. The molecule has 0 bridgehead atoms. The first-order valence-electron chi connectivity index (χ1n) is 14.1. The van der Waals surface area contributed by atoms with Crippen molar-refractivity contribution in [3.8, 4) is 5.75 Å². The van der Waals surface area contributed by atoms with Crippen LogP contribution >= 0.6 is 0 Å². The number of hydrogen-bond donors (Lipinski definition) is 2. The van der Waals surface area contributed by atoms with Gasteiger partial charge in [-0.2, -0.15) is 0 Å². The number of hydrogen-bond acceptors (Lipinski definition) is 5. The molecule has 0 saturated carbocycles. The van der Waals surface area contributed by atoms with Gasteiger partial charge in [0.1, 0.15) is 18.4 Å². The van der Waals surface area contributed by atoms with Crippen molar-refractivity contribution in [2.24, 2.45) is 10.4 Å². The van der Waals surface area contributed by atoms with E-state index in [1.807, 2.05) is 42.5 Å². The van der Waals surface area contributed by atoms with Gasteiger partial charge in [0.05, 0.1) is 24.6 Å². The fourth-order valence-corrected chi connectivity index (χ4v) is 5.11. The maximum atomic E-state index is 13.3. The molecule has 2 aliphatic rings. The number of nitrogens with zero attached hydrogens (tertiary/aromatic N) is 2. The van der Waals surface area contributed by atoms with E-state index >= 15 is 0 Å². The van der Waals surface area contributed by atoms with Crippen molar-refractivity contribution < 1.29 is 14.3 Å². The standard InChI is InChI=1S/C33H40N4O3/c1-22-10-12-24(13-11-22)31-28(20-30(36-31)33(3,4)5)35-32(38)34-27-14-15-29(26-9-7-6-8-25(26)27)40-21-23(2)37-16-18-39-19-17-37/h6-15,20,23,31H,16-19,21H2,1-5H3,(H2,34,35,38). The molecular formula is C33H40N4O3. The van der Waals surface area contributed by atoms with Crippen LogP contribution < -0.4 is 15.4 Å². The largest absolute Gasteiger partial charge is 0.491 e. The van der Waals surface area contributed by atoms with E-state index in [9.17, 15) is 4.79 Å². The second-order valence-electron chi connectivity index (χ2n) is 11.7. The summed E-state index contributed by atoms with van der Waals surface area (Å²) >= 11 is 0. The van der Waals surface area contributed by atoms with Gasteiger partial charge in [-0.3, -0.25) is 9.89 Å². The molecule has 2 heterocycles. The monoisotopic (exact) mass is 540 g/mol. The lowest BCUT2D eigenvalue weighted by atomic mass is 9.90. The second-order valence-corrected chi connectivity index (χ2v) is 11.7. The first kappa shape index (κ1) is 27.9. The van der Waals surface area contributed by atoms with Crippen LogP contribution in [0.2, 0.25) is 0 Å². The number of carbonyl (C=O) groups excluding carboxylic acids is 1. The SMILES string of the molecule is Cc1ccc(C2N=C(C(C)(C)C)C=C2NC(=O)Nc2ccc(OCC(C)N3CCOCC3)c3ccccc23)cc1. The topological polar surface area (TPSA) is 75.2 Å². The first-order valence-corrected chi connectivity index (χ1v) is 14.1. The van der Waals surface area contributed by atoms with Gasteiger partial charge in [0.25, 0.3) is 0 Å². The Bertz CT molecular complexity index is 1420. The highest BCUT2D eigenvalue weighted by atomic mass is 16.5. The molecule has 0 aliphatic carbocycles. The lowest BCUT2D eigenvalue weighted by Crippen LogP contribution is -2.44. The lowest BCUT2D eigenvalue weighted by molar-refractivity contribution is 0.0106. The molecule has 5 rings (SSSR count). The Kier molecular flexibility index (Phi) is 8.24. The summed E-state index contributed by atoms with van der Waals surface area (Å²) in [6.45, 7) is 14.6. The summed E-state index contributed by atoms with van der Waals surface area (Å²) in [6.07, 6.45) is 2.01. The molecule has 7 heteroatoms. The van der Waals surface area contributed by atoms with Gasteiger partial charge in [0.2, 0.25) is 0 Å². The Morgan fingerprint density at radius 3 is 2.42 bits per heavy atom. The van der Waals surface area contributed by atoms with Crippen LogP contribution in [0.1, 0.15) is 44.9 Å². The highest BCUT2D eigenvalue weighted by molar-refractivity contribution is 6.05. The number of urea groups is 1. The summed E-state index contributed by atoms with van der Waals surface area (Å²) < 4.78 is 11.8. The summed E-state index contributed by atoms with van der Waals surface area (Å²) in [5.41, 5.74) is 4.57. The van der Waals surface area contributed by atoms with Gasteiger partial charge < -0.3 is 20.1 Å². The fraction of sp³-hybridized carbons (Fsp3) is 0.394. The number of allylic oxidation sites excluding steroid dienone is 1. The molecule has 0 aromatic heterocycles. The molecule has 40 heavy (non-hydrogen) atoms. The van der Waals surface area contributed by atoms with E-state index in [2.05, 4.69) is 74.4 Å². The van der Waals surface area contributed by atoms with Crippen molar-refractivity contribution >= 4 is 28.2 Å². The quantitative estimate of drug-likeness (QED) is 0.359. The van der Waals surface area contributed by atoms with Gasteiger partial charge in [-0.25, -0.2) is 4.79 Å². The number of anilines is 1. The van der Waals surface area contributed by atoms with Crippen LogP contribution in [0, 0.1) is 12.3 Å². The average molecular weight is 541 g/mol. The summed E-state index contributed by atoms with van der Waals surface area (Å²) in [4.78, 5) is 20.7. The number of rotatable bonds is 7. The minimum Gasteiger partial charge on any atom is -0.491 e. The predicted octanol–water partition coefficient (Wildman–Crippen LogP) is 6.50. The molecule has 2 aliphatic heterocycles. The summed E-state index contributed by atoms with van der Waals surface area (Å²) in [5, 5.41) is 8.06. The maximum Gasteiger partial charge on any atom is 0.323 e. The van der Waals surface area contributed by atoms with E-state index in [0.29, 0.717) is 6.61 Å². The number of aliphatic imine (C=N–C) groups is 1. The molecule has 7 nitrogen and oxygen atoms in total. The number of amides is 2. The van der Waals surface area contributed by atoms with Gasteiger partial charge in [-0.1, -0.05) is 74.9 Å². The molecule has 1 saturated heterocycles. The van der Waals surface area contributed by atoms with Crippen molar-refractivity contribution in [3.05, 3.63) is 83.6 Å². The van der Waals surface area contributed by atoms with Crippen LogP contribution in [0.15, 0.2) is 77.4 Å². The van der Waals surface area contributed by atoms with E-state index in [1.165, 1.54) is 5.56 Å².